The molecule has 108 valence electrons. The van der Waals surface area contributed by atoms with Gasteiger partial charge in [0.2, 0.25) is 0 Å². The second-order valence-electron chi connectivity index (χ2n) is 4.73. The number of aryl methyl sites for hydroxylation is 2. The Morgan fingerprint density at radius 3 is 2.70 bits per heavy atom. The Bertz CT molecular complexity index is 577. The normalized spacial score (nSPS) is 12.7. The highest BCUT2D eigenvalue weighted by Gasteiger charge is 2.15. The first-order valence-corrected chi connectivity index (χ1v) is 7.64. The fraction of sp³-hybridized carbons (Fsp3) is 0.357. The van der Waals surface area contributed by atoms with Gasteiger partial charge in [-0.1, -0.05) is 34.5 Å². The second kappa shape index (κ2) is 6.72. The molecule has 4 nitrogen and oxygen atoms in total. The van der Waals surface area contributed by atoms with E-state index in [0.29, 0.717) is 5.02 Å². The molecule has 6 heteroatoms. The maximum absolute atomic E-state index is 6.10. The number of benzene rings is 1. The molecule has 0 aliphatic heterocycles. The van der Waals surface area contributed by atoms with Gasteiger partial charge in [0.1, 0.15) is 0 Å². The summed E-state index contributed by atoms with van der Waals surface area (Å²) in [5, 5.41) is 5.15. The third-order valence-corrected chi connectivity index (χ3v) is 3.97. The number of halogens is 2. The van der Waals surface area contributed by atoms with E-state index in [9.17, 15) is 0 Å². The summed E-state index contributed by atoms with van der Waals surface area (Å²) in [6, 6.07) is 7.91. The van der Waals surface area contributed by atoms with Crippen molar-refractivity contribution in [2.45, 2.75) is 25.8 Å². The minimum Gasteiger partial charge on any atom is -0.272 e. The molecule has 20 heavy (non-hydrogen) atoms. The van der Waals surface area contributed by atoms with Crippen LogP contribution < -0.4 is 11.3 Å². The molecule has 1 aromatic heterocycles. The third-order valence-electron chi connectivity index (χ3n) is 3.29. The molecule has 3 N–H and O–H groups in total. The third kappa shape index (κ3) is 3.61. The summed E-state index contributed by atoms with van der Waals surface area (Å²) in [6.45, 7) is 2.10. The molecule has 0 saturated heterocycles. The lowest BCUT2D eigenvalue weighted by molar-refractivity contribution is 0.529. The van der Waals surface area contributed by atoms with E-state index in [1.54, 1.807) is 0 Å². The van der Waals surface area contributed by atoms with Gasteiger partial charge in [-0.05, 0) is 36.2 Å². The molecule has 0 aliphatic carbocycles. The zero-order valence-corrected chi connectivity index (χ0v) is 13.9. The molecule has 1 heterocycles. The average Bonchev–Trinajstić information content (AvgIpc) is 2.75. The van der Waals surface area contributed by atoms with Crippen LogP contribution in [0.15, 0.2) is 28.7 Å². The van der Waals surface area contributed by atoms with E-state index >= 15 is 0 Å². The van der Waals surface area contributed by atoms with Crippen molar-refractivity contribution in [3.05, 3.63) is 50.7 Å². The largest absolute Gasteiger partial charge is 0.272 e. The lowest BCUT2D eigenvalue weighted by atomic mass is 10.0. The van der Waals surface area contributed by atoms with E-state index < -0.39 is 0 Å². The van der Waals surface area contributed by atoms with Crippen LogP contribution in [-0.4, -0.2) is 9.78 Å². The lowest BCUT2D eigenvalue weighted by Crippen LogP contribution is -2.30. The summed E-state index contributed by atoms with van der Waals surface area (Å²) in [5.74, 6) is 5.70. The first-order valence-electron chi connectivity index (χ1n) is 6.47. The number of aromatic nitrogens is 2. The van der Waals surface area contributed by atoms with Crippen molar-refractivity contribution in [3.8, 4) is 0 Å². The minimum absolute atomic E-state index is 0.00916. The van der Waals surface area contributed by atoms with E-state index in [2.05, 4.69) is 39.4 Å². The Morgan fingerprint density at radius 1 is 1.40 bits per heavy atom. The summed E-state index contributed by atoms with van der Waals surface area (Å²) >= 11 is 9.55. The minimum atomic E-state index is -0.00916. The van der Waals surface area contributed by atoms with Crippen LogP contribution in [0.5, 0.6) is 0 Å². The van der Waals surface area contributed by atoms with Gasteiger partial charge in [0.05, 0.1) is 11.7 Å². The predicted octanol–water partition coefficient (Wildman–Crippen LogP) is 3.15. The quantitative estimate of drug-likeness (QED) is 0.638. The van der Waals surface area contributed by atoms with E-state index in [-0.39, 0.29) is 6.04 Å². The summed E-state index contributed by atoms with van der Waals surface area (Å²) in [7, 11) is 1.95. The molecule has 0 fully saturated rings. The summed E-state index contributed by atoms with van der Waals surface area (Å²) in [4.78, 5) is 0. The van der Waals surface area contributed by atoms with Gasteiger partial charge in [0, 0.05) is 28.7 Å². The number of nitrogens with two attached hydrogens (primary N) is 1. The first kappa shape index (κ1) is 15.5. The van der Waals surface area contributed by atoms with Crippen LogP contribution >= 0.6 is 27.5 Å². The van der Waals surface area contributed by atoms with Crippen LogP contribution in [0.25, 0.3) is 0 Å². The fourth-order valence-electron chi connectivity index (χ4n) is 2.19. The molecule has 0 aliphatic rings. The average molecular weight is 358 g/mol. The Morgan fingerprint density at radius 2 is 2.15 bits per heavy atom. The van der Waals surface area contributed by atoms with Crippen molar-refractivity contribution in [1.82, 2.24) is 15.2 Å². The Hall–Kier alpha value is -0.880. The number of nitrogens with zero attached hydrogens (tertiary/aromatic N) is 2. The van der Waals surface area contributed by atoms with Crippen molar-refractivity contribution in [2.75, 3.05) is 0 Å². The van der Waals surface area contributed by atoms with Gasteiger partial charge in [-0.3, -0.25) is 16.0 Å². The van der Waals surface area contributed by atoms with Crippen LogP contribution in [-0.2, 0) is 19.9 Å². The van der Waals surface area contributed by atoms with Gasteiger partial charge in [-0.15, -0.1) is 0 Å². The number of rotatable bonds is 5. The number of hydrogen-bond donors (Lipinski definition) is 2. The standard InChI is InChI=1S/C14H18BrClN4/c1-3-12-7-13(20(2)19-12)8-14(18-17)9-4-10(15)6-11(16)5-9/h4-7,14,18H,3,8,17H2,1-2H3. The van der Waals surface area contributed by atoms with Crippen molar-refractivity contribution in [2.24, 2.45) is 12.9 Å². The van der Waals surface area contributed by atoms with E-state index in [0.717, 1.165) is 34.3 Å². The molecule has 0 saturated carbocycles. The van der Waals surface area contributed by atoms with Crippen molar-refractivity contribution < 1.29 is 0 Å². The van der Waals surface area contributed by atoms with Gasteiger partial charge in [0.15, 0.2) is 0 Å². The molecule has 2 aromatic rings. The molecule has 0 radical (unpaired) electrons. The van der Waals surface area contributed by atoms with Crippen LogP contribution in [0, 0.1) is 0 Å². The van der Waals surface area contributed by atoms with E-state index in [1.165, 1.54) is 0 Å². The molecule has 2 rings (SSSR count). The molecule has 0 bridgehead atoms. The van der Waals surface area contributed by atoms with Gasteiger partial charge >= 0.3 is 0 Å². The Kier molecular flexibility index (Phi) is 5.21. The molecule has 1 unspecified atom stereocenters. The fourth-order valence-corrected chi connectivity index (χ4v) is 3.08. The number of nitrogens with one attached hydrogen (secondary N) is 1. The van der Waals surface area contributed by atoms with Crippen LogP contribution in [0.1, 0.15) is 29.9 Å². The van der Waals surface area contributed by atoms with Crippen LogP contribution in [0.2, 0.25) is 5.02 Å². The Balaban J connectivity index is 2.25. The molecule has 1 aromatic carbocycles. The molecule has 1 atom stereocenters. The highest BCUT2D eigenvalue weighted by atomic mass is 79.9. The highest BCUT2D eigenvalue weighted by Crippen LogP contribution is 2.25. The van der Waals surface area contributed by atoms with Crippen molar-refractivity contribution in [3.63, 3.8) is 0 Å². The van der Waals surface area contributed by atoms with Crippen LogP contribution in [0.3, 0.4) is 0 Å². The molecule has 0 spiro atoms. The predicted molar refractivity (Wildman–Crippen MR) is 85.5 cm³/mol. The lowest BCUT2D eigenvalue weighted by Gasteiger charge is -2.17. The maximum Gasteiger partial charge on any atom is 0.0624 e. The summed E-state index contributed by atoms with van der Waals surface area (Å²) in [5.41, 5.74) is 6.13. The molecule has 0 amide bonds. The van der Waals surface area contributed by atoms with Gasteiger partial charge in [0.25, 0.3) is 0 Å². The maximum atomic E-state index is 6.10. The topological polar surface area (TPSA) is 55.9 Å². The highest BCUT2D eigenvalue weighted by molar-refractivity contribution is 9.10. The van der Waals surface area contributed by atoms with Crippen molar-refractivity contribution >= 4 is 27.5 Å². The van der Waals surface area contributed by atoms with E-state index in [4.69, 9.17) is 17.4 Å². The monoisotopic (exact) mass is 356 g/mol. The zero-order chi connectivity index (χ0) is 14.7. The summed E-state index contributed by atoms with van der Waals surface area (Å²) < 4.78 is 2.85. The Labute approximate surface area is 132 Å². The van der Waals surface area contributed by atoms with Crippen molar-refractivity contribution in [1.29, 1.82) is 0 Å². The van der Waals surface area contributed by atoms with Gasteiger partial charge < -0.3 is 0 Å². The second-order valence-corrected chi connectivity index (χ2v) is 6.08. The zero-order valence-electron chi connectivity index (χ0n) is 11.5. The number of hydrazine groups is 1. The SMILES string of the molecule is CCc1cc(CC(NN)c2cc(Cl)cc(Br)c2)n(C)n1. The van der Waals surface area contributed by atoms with Gasteiger partial charge in [-0.2, -0.15) is 5.10 Å². The van der Waals surface area contributed by atoms with Crippen LogP contribution in [0.4, 0.5) is 0 Å². The first-order chi connectivity index (χ1) is 9.53. The van der Waals surface area contributed by atoms with Gasteiger partial charge in [-0.25, -0.2) is 0 Å². The summed E-state index contributed by atoms with van der Waals surface area (Å²) in [6.07, 6.45) is 1.68. The molecular formula is C14H18BrClN4. The molecular weight excluding hydrogens is 340 g/mol. The smallest absolute Gasteiger partial charge is 0.0624 e. The number of hydrogen-bond acceptors (Lipinski definition) is 3. The van der Waals surface area contributed by atoms with E-state index in [1.807, 2.05) is 29.9 Å².